The molecule has 0 amide bonds. The lowest BCUT2D eigenvalue weighted by Gasteiger charge is -2.15. The fraction of sp³-hybridized carbons (Fsp3) is 0.611. The van der Waals surface area contributed by atoms with Gasteiger partial charge in [0.25, 0.3) is 0 Å². The molecule has 0 aliphatic heterocycles. The van der Waals surface area contributed by atoms with Crippen LogP contribution in [-0.4, -0.2) is 38.8 Å². The molecular formula is C18H31N3O. The predicted octanol–water partition coefficient (Wildman–Crippen LogP) is 3.16. The van der Waals surface area contributed by atoms with Crippen LogP contribution in [0.4, 0.5) is 0 Å². The number of ether oxygens (including phenoxy) is 1. The summed E-state index contributed by atoms with van der Waals surface area (Å²) in [6.07, 6.45) is 2.05. The number of benzene rings is 1. The van der Waals surface area contributed by atoms with E-state index >= 15 is 0 Å². The van der Waals surface area contributed by atoms with E-state index in [9.17, 15) is 0 Å². The molecule has 0 spiro atoms. The Morgan fingerprint density at radius 1 is 1.18 bits per heavy atom. The molecule has 1 rings (SSSR count). The van der Waals surface area contributed by atoms with Gasteiger partial charge < -0.3 is 15.4 Å². The highest BCUT2D eigenvalue weighted by molar-refractivity contribution is 5.79. The quantitative estimate of drug-likeness (QED) is 0.396. The van der Waals surface area contributed by atoms with Gasteiger partial charge in [0.05, 0.1) is 0 Å². The highest BCUT2D eigenvalue weighted by Gasteiger charge is 2.05. The Labute approximate surface area is 135 Å². The fourth-order valence-electron chi connectivity index (χ4n) is 2.20. The van der Waals surface area contributed by atoms with Crippen LogP contribution in [0.15, 0.2) is 35.3 Å². The van der Waals surface area contributed by atoms with Crippen molar-refractivity contribution in [2.45, 2.75) is 39.5 Å². The van der Waals surface area contributed by atoms with Gasteiger partial charge in [-0.2, -0.15) is 0 Å². The van der Waals surface area contributed by atoms with Gasteiger partial charge in [0.2, 0.25) is 0 Å². The Bertz CT molecular complexity index is 406. The maximum atomic E-state index is 5.33. The topological polar surface area (TPSA) is 45.7 Å². The van der Waals surface area contributed by atoms with Crippen molar-refractivity contribution in [1.82, 2.24) is 10.6 Å². The van der Waals surface area contributed by atoms with Crippen molar-refractivity contribution in [3.63, 3.8) is 0 Å². The second-order valence-electron chi connectivity index (χ2n) is 5.34. The number of nitrogens with one attached hydrogen (secondary N) is 2. The molecule has 4 heteroatoms. The standard InChI is InChI=1S/C18H31N3O/c1-4-19-18(20-13-9-15-22-5-2)21-14-12-16(3)17-10-7-6-8-11-17/h6-8,10-11,16H,4-5,9,12-15H2,1-3H3,(H2,19,20,21). The van der Waals surface area contributed by atoms with Crippen LogP contribution in [0.5, 0.6) is 0 Å². The molecular weight excluding hydrogens is 274 g/mol. The summed E-state index contributed by atoms with van der Waals surface area (Å²) in [6.45, 7) is 10.5. The van der Waals surface area contributed by atoms with E-state index in [-0.39, 0.29) is 0 Å². The third kappa shape index (κ3) is 8.03. The van der Waals surface area contributed by atoms with Gasteiger partial charge in [-0.15, -0.1) is 0 Å². The van der Waals surface area contributed by atoms with Crippen molar-refractivity contribution in [2.24, 2.45) is 4.99 Å². The third-order valence-corrected chi connectivity index (χ3v) is 3.50. The minimum atomic E-state index is 0.550. The summed E-state index contributed by atoms with van der Waals surface area (Å²) in [4.78, 5) is 4.57. The summed E-state index contributed by atoms with van der Waals surface area (Å²) in [6, 6.07) is 10.6. The molecule has 0 aliphatic carbocycles. The number of hydrogen-bond acceptors (Lipinski definition) is 2. The lowest BCUT2D eigenvalue weighted by molar-refractivity contribution is 0.146. The molecule has 0 saturated carbocycles. The Kier molecular flexibility index (Phi) is 10.1. The number of hydrogen-bond donors (Lipinski definition) is 2. The zero-order valence-corrected chi connectivity index (χ0v) is 14.3. The van der Waals surface area contributed by atoms with Gasteiger partial charge in [0, 0.05) is 32.8 Å². The van der Waals surface area contributed by atoms with Crippen molar-refractivity contribution in [3.05, 3.63) is 35.9 Å². The summed E-state index contributed by atoms with van der Waals surface area (Å²) in [5, 5.41) is 6.70. The molecule has 0 saturated heterocycles. The van der Waals surface area contributed by atoms with Crippen molar-refractivity contribution in [2.75, 3.05) is 32.8 Å². The summed E-state index contributed by atoms with van der Waals surface area (Å²) < 4.78 is 5.33. The second-order valence-corrected chi connectivity index (χ2v) is 5.34. The maximum absolute atomic E-state index is 5.33. The number of nitrogens with zero attached hydrogens (tertiary/aromatic N) is 1. The molecule has 124 valence electrons. The highest BCUT2D eigenvalue weighted by Crippen LogP contribution is 2.17. The fourth-order valence-corrected chi connectivity index (χ4v) is 2.20. The van der Waals surface area contributed by atoms with Crippen LogP contribution in [0.3, 0.4) is 0 Å². The maximum Gasteiger partial charge on any atom is 0.191 e. The van der Waals surface area contributed by atoms with Gasteiger partial charge in [-0.1, -0.05) is 37.3 Å². The van der Waals surface area contributed by atoms with Gasteiger partial charge in [0.1, 0.15) is 0 Å². The first-order valence-corrected chi connectivity index (χ1v) is 8.42. The first-order chi connectivity index (χ1) is 10.8. The molecule has 1 aromatic carbocycles. The van der Waals surface area contributed by atoms with Gasteiger partial charge >= 0.3 is 0 Å². The predicted molar refractivity (Wildman–Crippen MR) is 94.6 cm³/mol. The molecule has 1 aromatic rings. The molecule has 1 atom stereocenters. The summed E-state index contributed by atoms with van der Waals surface area (Å²) in [7, 11) is 0. The second kappa shape index (κ2) is 12.0. The van der Waals surface area contributed by atoms with Gasteiger partial charge in [-0.3, -0.25) is 4.99 Å². The van der Waals surface area contributed by atoms with E-state index in [1.54, 1.807) is 0 Å². The molecule has 4 nitrogen and oxygen atoms in total. The van der Waals surface area contributed by atoms with E-state index in [1.165, 1.54) is 5.56 Å². The zero-order valence-electron chi connectivity index (χ0n) is 14.3. The number of guanidine groups is 1. The van der Waals surface area contributed by atoms with Gasteiger partial charge in [-0.25, -0.2) is 0 Å². The van der Waals surface area contributed by atoms with Gasteiger partial charge in [0.15, 0.2) is 5.96 Å². The molecule has 0 bridgehead atoms. The Balaban J connectivity index is 2.29. The van der Waals surface area contributed by atoms with Crippen molar-refractivity contribution >= 4 is 5.96 Å². The molecule has 2 N–H and O–H groups in total. The van der Waals surface area contributed by atoms with E-state index in [0.717, 1.165) is 51.6 Å². The van der Waals surface area contributed by atoms with E-state index in [1.807, 2.05) is 6.92 Å². The van der Waals surface area contributed by atoms with Crippen LogP contribution in [0.1, 0.15) is 45.1 Å². The average Bonchev–Trinajstić information content (AvgIpc) is 2.55. The molecule has 22 heavy (non-hydrogen) atoms. The monoisotopic (exact) mass is 305 g/mol. The summed E-state index contributed by atoms with van der Waals surface area (Å²) in [5.41, 5.74) is 1.39. The average molecular weight is 305 g/mol. The molecule has 0 heterocycles. The molecule has 1 unspecified atom stereocenters. The van der Waals surface area contributed by atoms with Crippen LogP contribution in [-0.2, 0) is 4.74 Å². The smallest absolute Gasteiger partial charge is 0.191 e. The minimum Gasteiger partial charge on any atom is -0.382 e. The van der Waals surface area contributed by atoms with E-state index in [2.05, 4.69) is 59.8 Å². The van der Waals surface area contributed by atoms with Crippen LogP contribution >= 0.6 is 0 Å². The lowest BCUT2D eigenvalue weighted by Crippen LogP contribution is -2.38. The molecule has 0 fully saturated rings. The lowest BCUT2D eigenvalue weighted by atomic mass is 9.98. The first-order valence-electron chi connectivity index (χ1n) is 8.42. The highest BCUT2D eigenvalue weighted by atomic mass is 16.5. The SMILES string of the molecule is CCNC(=NCCCOCC)NCCC(C)c1ccccc1. The number of rotatable bonds is 10. The Morgan fingerprint density at radius 3 is 2.64 bits per heavy atom. The third-order valence-electron chi connectivity index (χ3n) is 3.50. The first kappa shape index (κ1) is 18.5. The van der Waals surface area contributed by atoms with Crippen molar-refractivity contribution in [1.29, 1.82) is 0 Å². The van der Waals surface area contributed by atoms with E-state index < -0.39 is 0 Å². The Hall–Kier alpha value is -1.55. The molecule has 0 aliphatic rings. The normalized spacial score (nSPS) is 13.0. The largest absolute Gasteiger partial charge is 0.382 e. The zero-order chi connectivity index (χ0) is 16.0. The summed E-state index contributed by atoms with van der Waals surface area (Å²) in [5.74, 6) is 1.45. The number of aliphatic imine (C=N–C) groups is 1. The van der Waals surface area contributed by atoms with E-state index in [0.29, 0.717) is 5.92 Å². The van der Waals surface area contributed by atoms with Crippen LogP contribution < -0.4 is 10.6 Å². The van der Waals surface area contributed by atoms with Crippen molar-refractivity contribution in [3.8, 4) is 0 Å². The van der Waals surface area contributed by atoms with Gasteiger partial charge in [-0.05, 0) is 38.2 Å². The van der Waals surface area contributed by atoms with E-state index in [4.69, 9.17) is 4.74 Å². The van der Waals surface area contributed by atoms with Crippen molar-refractivity contribution < 1.29 is 4.74 Å². The van der Waals surface area contributed by atoms with Crippen LogP contribution in [0.2, 0.25) is 0 Å². The summed E-state index contributed by atoms with van der Waals surface area (Å²) >= 11 is 0. The van der Waals surface area contributed by atoms with Crippen LogP contribution in [0.25, 0.3) is 0 Å². The van der Waals surface area contributed by atoms with Crippen LogP contribution in [0, 0.1) is 0 Å². The molecule has 0 radical (unpaired) electrons. The molecule has 0 aromatic heterocycles. The minimum absolute atomic E-state index is 0.550. The Morgan fingerprint density at radius 2 is 1.95 bits per heavy atom.